The molecule has 0 saturated heterocycles. The van der Waals surface area contributed by atoms with Gasteiger partial charge in [0.2, 0.25) is 0 Å². The van der Waals surface area contributed by atoms with E-state index in [1.165, 1.54) is 204 Å². The second kappa shape index (κ2) is 44.3. The van der Waals surface area contributed by atoms with Crippen LogP contribution >= 0.6 is 34.8 Å². The van der Waals surface area contributed by atoms with Crippen molar-refractivity contribution >= 4 is 42.1 Å². The van der Waals surface area contributed by atoms with Crippen molar-refractivity contribution in [3.63, 3.8) is 0 Å². The van der Waals surface area contributed by atoms with Crippen molar-refractivity contribution in [1.29, 1.82) is 0 Å². The van der Waals surface area contributed by atoms with Crippen LogP contribution in [0.3, 0.4) is 0 Å². The third-order valence-corrected chi connectivity index (χ3v) is 18.3. The topological polar surface area (TPSA) is 55.3 Å². The molecule has 468 valence electrons. The van der Waals surface area contributed by atoms with Crippen LogP contribution in [0.4, 0.5) is 0 Å². The number of quaternary nitrogens is 2. The molecule has 9 heteroatoms. The van der Waals surface area contributed by atoms with Crippen LogP contribution in [-0.2, 0) is 23.2 Å². The fourth-order valence-electron chi connectivity index (χ4n) is 11.8. The van der Waals surface area contributed by atoms with Crippen LogP contribution < -0.4 is 10.0 Å². The zero-order valence-corrected chi connectivity index (χ0v) is 56.8. The smallest absolute Gasteiger partial charge is 0.104 e. The van der Waals surface area contributed by atoms with Gasteiger partial charge in [-0.1, -0.05) is 300 Å². The van der Waals surface area contributed by atoms with Gasteiger partial charge in [0, 0.05) is 38.2 Å². The predicted octanol–water partition coefficient (Wildman–Crippen LogP) is 20.9. The van der Waals surface area contributed by atoms with Crippen molar-refractivity contribution in [2.24, 2.45) is 0 Å². The van der Waals surface area contributed by atoms with E-state index >= 15 is 0 Å². The Kier molecular flexibility index (Phi) is 39.6. The highest BCUT2D eigenvalue weighted by atomic mass is 35.5. The average Bonchev–Trinajstić information content (AvgIpc) is 1.12. The zero-order chi connectivity index (χ0) is 61.3. The molecule has 0 heterocycles. The summed E-state index contributed by atoms with van der Waals surface area (Å²) in [6.07, 6.45) is 41.4. The molecule has 0 aliphatic carbocycles. The summed E-state index contributed by atoms with van der Waals surface area (Å²) >= 11 is 19.7. The standard InChI is InChI=1S/C25H24BCl3O3.2C25H46N/c1-16-5-8-19(13-22(16)27)25(11-4-12-32-26(30)31,20-9-6-17(2)23(28)14-20)21-10-7-18(3)24(29)15-21;2*1-4-5-6-7-8-9-10-11-12-13-14-15-16-20-23-26(2,3)24-25-21-18-17-19-22-25/h5-10,13-15H,4,11-12H2,1-3H3;2*17-19,21-22H,4-16,20,23-24H2,1-3H3/q-2;2*+1. The van der Waals surface area contributed by atoms with Crippen LogP contribution in [0.15, 0.2) is 115 Å². The van der Waals surface area contributed by atoms with Crippen LogP contribution in [0.2, 0.25) is 15.1 Å². The van der Waals surface area contributed by atoms with Gasteiger partial charge < -0.3 is 23.7 Å². The van der Waals surface area contributed by atoms with Gasteiger partial charge in [-0.15, -0.1) is 0 Å². The second-order valence-corrected chi connectivity index (χ2v) is 27.1. The molecular weight excluding hydrogens is 1090 g/mol. The van der Waals surface area contributed by atoms with E-state index in [1.807, 2.05) is 75.4 Å². The lowest BCUT2D eigenvalue weighted by Gasteiger charge is -2.37. The Hall–Kier alpha value is -3.17. The fraction of sp³-hybridized carbons (Fsp3) is 0.600. The molecule has 0 amide bonds. The van der Waals surface area contributed by atoms with Crippen LogP contribution in [0.5, 0.6) is 0 Å². The summed E-state index contributed by atoms with van der Waals surface area (Å²) in [7, 11) is 7.18. The molecule has 5 nitrogen and oxygen atoms in total. The molecule has 0 unspecified atom stereocenters. The molecule has 0 aliphatic heterocycles. The number of rotatable bonds is 42. The molecule has 84 heavy (non-hydrogen) atoms. The molecule has 5 rings (SSSR count). The van der Waals surface area contributed by atoms with Gasteiger partial charge >= 0.3 is 0 Å². The molecule has 0 bridgehead atoms. The molecule has 5 aromatic carbocycles. The number of benzene rings is 5. The van der Waals surface area contributed by atoms with Gasteiger partial charge in [0.15, 0.2) is 0 Å². The highest BCUT2D eigenvalue weighted by Crippen LogP contribution is 2.46. The first-order valence-electron chi connectivity index (χ1n) is 33.4. The van der Waals surface area contributed by atoms with Crippen LogP contribution in [0.25, 0.3) is 0 Å². The Morgan fingerprint density at radius 2 is 0.655 bits per heavy atom. The Bertz CT molecular complexity index is 2230. The molecule has 0 saturated carbocycles. The van der Waals surface area contributed by atoms with Crippen LogP contribution in [0, 0.1) is 20.8 Å². The van der Waals surface area contributed by atoms with Gasteiger partial charge in [-0.3, -0.25) is 0 Å². The number of unbranched alkanes of at least 4 members (excludes halogenated alkanes) is 26. The molecule has 0 N–H and O–H groups in total. The number of hydrogen-bond acceptors (Lipinski definition) is 3. The minimum atomic E-state index is -2.30. The van der Waals surface area contributed by atoms with E-state index in [9.17, 15) is 10.0 Å². The number of hydrogen-bond donors (Lipinski definition) is 0. The first-order valence-corrected chi connectivity index (χ1v) is 34.5. The van der Waals surface area contributed by atoms with Crippen molar-refractivity contribution < 1.29 is 23.7 Å². The van der Waals surface area contributed by atoms with Crippen molar-refractivity contribution in [2.75, 3.05) is 47.9 Å². The predicted molar refractivity (Wildman–Crippen MR) is 364 cm³/mol. The third kappa shape index (κ3) is 32.2. The minimum absolute atomic E-state index is 0.0538. The Labute approximate surface area is 531 Å². The summed E-state index contributed by atoms with van der Waals surface area (Å²) in [5.74, 6) is 0. The van der Waals surface area contributed by atoms with Crippen molar-refractivity contribution in [1.82, 2.24) is 0 Å². The molecule has 0 atom stereocenters. The molecule has 0 spiro atoms. The SMILES string of the molecule is CCCCCCCCCCCCCCCC[N+](C)(C)Cc1ccccc1.CCCCCCCCCCCCCCCC[N+](C)(C)Cc1ccccc1.Cc1ccc(C(CCCOB([O-])[O-])(c2ccc(C)c(Cl)c2)c2ccc(C)c(Cl)c2)cc1Cl. The number of aryl methyl sites for hydroxylation is 3. The van der Waals surface area contributed by atoms with Gasteiger partial charge in [-0.2, -0.15) is 0 Å². The Morgan fingerprint density at radius 1 is 0.381 bits per heavy atom. The molecule has 5 aromatic rings. The summed E-state index contributed by atoms with van der Waals surface area (Å²) in [4.78, 5) is 0. The Morgan fingerprint density at radius 3 is 0.917 bits per heavy atom. The van der Waals surface area contributed by atoms with E-state index in [2.05, 4.69) is 103 Å². The maximum atomic E-state index is 10.9. The maximum absolute atomic E-state index is 10.9. The van der Waals surface area contributed by atoms with E-state index < -0.39 is 12.7 Å². The summed E-state index contributed by atoms with van der Waals surface area (Å²) < 4.78 is 7.01. The van der Waals surface area contributed by atoms with Crippen molar-refractivity contribution in [3.8, 4) is 0 Å². The van der Waals surface area contributed by atoms with Gasteiger partial charge in [-0.25, -0.2) is 0 Å². The first-order chi connectivity index (χ1) is 40.4. The van der Waals surface area contributed by atoms with Crippen LogP contribution in [0.1, 0.15) is 251 Å². The average molecular weight is 1210 g/mol. The Balaban J connectivity index is 0.000000333. The third-order valence-electron chi connectivity index (χ3n) is 17.1. The lowest BCUT2D eigenvalue weighted by Crippen LogP contribution is -2.48. The largest absolute Gasteiger partial charge is 0.871 e. The van der Waals surface area contributed by atoms with Gasteiger partial charge in [0.1, 0.15) is 13.1 Å². The molecular formula is C75H116BCl3N2O3. The summed E-state index contributed by atoms with van der Waals surface area (Å²) in [5.41, 5.74) is 8.06. The quantitative estimate of drug-likeness (QED) is 0.0169. The molecule has 0 radical (unpaired) electrons. The summed E-state index contributed by atoms with van der Waals surface area (Å²) in [5, 5.41) is 23.7. The van der Waals surface area contributed by atoms with E-state index in [0.29, 0.717) is 27.9 Å². The first kappa shape index (κ1) is 75.1. The summed E-state index contributed by atoms with van der Waals surface area (Å²) in [6.45, 7) is 15.4. The summed E-state index contributed by atoms with van der Waals surface area (Å²) in [6, 6.07) is 39.8. The normalized spacial score (nSPS) is 11.7. The number of nitrogens with zero attached hydrogens (tertiary/aromatic N) is 2. The van der Waals surface area contributed by atoms with Gasteiger partial charge in [0.25, 0.3) is 0 Å². The fourth-order valence-corrected chi connectivity index (χ4v) is 12.3. The van der Waals surface area contributed by atoms with E-state index in [1.54, 1.807) is 0 Å². The second-order valence-electron chi connectivity index (χ2n) is 25.9. The maximum Gasteiger partial charge on any atom is 0.104 e. The highest BCUT2D eigenvalue weighted by Gasteiger charge is 2.37. The monoisotopic (exact) mass is 1210 g/mol. The lowest BCUT2D eigenvalue weighted by atomic mass is 9.66. The highest BCUT2D eigenvalue weighted by molar-refractivity contribution is 6.32. The van der Waals surface area contributed by atoms with Gasteiger partial charge in [0.05, 0.1) is 48.6 Å². The van der Waals surface area contributed by atoms with Crippen molar-refractivity contribution in [3.05, 3.63) is 175 Å². The minimum Gasteiger partial charge on any atom is -0.871 e. The zero-order valence-electron chi connectivity index (χ0n) is 54.5. The lowest BCUT2D eigenvalue weighted by molar-refractivity contribution is -0.903. The van der Waals surface area contributed by atoms with E-state index in [0.717, 1.165) is 55.4 Å². The number of halogens is 3. The molecule has 0 aromatic heterocycles. The van der Waals surface area contributed by atoms with Gasteiger partial charge in [-0.05, 0) is 111 Å². The molecule has 0 aliphatic rings. The van der Waals surface area contributed by atoms with Crippen LogP contribution in [-0.4, -0.2) is 64.2 Å². The van der Waals surface area contributed by atoms with E-state index in [-0.39, 0.29) is 6.61 Å². The molecule has 0 fully saturated rings. The van der Waals surface area contributed by atoms with Crippen molar-refractivity contribution in [2.45, 2.75) is 246 Å². The van der Waals surface area contributed by atoms with E-state index in [4.69, 9.17) is 39.5 Å².